The molecule has 2 rings (SSSR count). The molecule has 0 radical (unpaired) electrons. The van der Waals surface area contributed by atoms with E-state index in [1.807, 2.05) is 11.6 Å². The summed E-state index contributed by atoms with van der Waals surface area (Å²) in [7, 11) is 0. The lowest BCUT2D eigenvalue weighted by molar-refractivity contribution is 0.129. The maximum Gasteiger partial charge on any atom is 0.107 e. The van der Waals surface area contributed by atoms with E-state index in [0.29, 0.717) is 5.41 Å². The highest BCUT2D eigenvalue weighted by molar-refractivity contribution is 7.09. The van der Waals surface area contributed by atoms with Gasteiger partial charge < -0.3 is 0 Å². The van der Waals surface area contributed by atoms with E-state index in [4.69, 9.17) is 11.6 Å². The van der Waals surface area contributed by atoms with Crippen molar-refractivity contribution in [1.29, 1.82) is 0 Å². The fourth-order valence-electron chi connectivity index (χ4n) is 1.91. The molecular weight excluding hydrogens is 228 g/mol. The second kappa shape index (κ2) is 4.81. The summed E-state index contributed by atoms with van der Waals surface area (Å²) in [6, 6.07) is 0. The topological polar surface area (TPSA) is 16.1 Å². The second-order valence-corrected chi connectivity index (χ2v) is 5.89. The predicted molar refractivity (Wildman–Crippen MR) is 65.5 cm³/mol. The van der Waals surface area contributed by atoms with Crippen LogP contribution >= 0.6 is 22.9 Å². The van der Waals surface area contributed by atoms with Gasteiger partial charge in [-0.1, -0.05) is 6.92 Å². The van der Waals surface area contributed by atoms with Gasteiger partial charge in [0, 0.05) is 17.5 Å². The van der Waals surface area contributed by atoms with Gasteiger partial charge in [-0.15, -0.1) is 22.9 Å². The number of hydrogen-bond donors (Lipinski definition) is 0. The van der Waals surface area contributed by atoms with Gasteiger partial charge in [0.05, 0.1) is 6.54 Å². The van der Waals surface area contributed by atoms with E-state index in [1.54, 1.807) is 11.3 Å². The smallest absolute Gasteiger partial charge is 0.107 e. The van der Waals surface area contributed by atoms with Gasteiger partial charge in [-0.3, -0.25) is 4.90 Å². The molecule has 1 fully saturated rings. The number of likely N-dealkylation sites (tertiary alicyclic amines) is 1. The van der Waals surface area contributed by atoms with E-state index in [2.05, 4.69) is 16.8 Å². The molecule has 1 aliphatic rings. The molecule has 1 aromatic rings. The van der Waals surface area contributed by atoms with Crippen molar-refractivity contribution in [1.82, 2.24) is 9.88 Å². The lowest BCUT2D eigenvalue weighted by Gasteiger charge is -2.37. The molecule has 0 amide bonds. The van der Waals surface area contributed by atoms with Gasteiger partial charge in [0.1, 0.15) is 5.01 Å². The number of halogens is 1. The molecule has 4 heteroatoms. The Morgan fingerprint density at radius 1 is 1.53 bits per heavy atom. The van der Waals surface area contributed by atoms with Crippen LogP contribution in [-0.4, -0.2) is 28.9 Å². The molecular formula is C11H17ClN2S. The van der Waals surface area contributed by atoms with Gasteiger partial charge in [0.25, 0.3) is 0 Å². The van der Waals surface area contributed by atoms with Crippen LogP contribution in [0.25, 0.3) is 0 Å². The summed E-state index contributed by atoms with van der Waals surface area (Å²) in [5, 5.41) is 3.27. The Balaban J connectivity index is 1.84. The molecule has 1 aromatic heterocycles. The summed E-state index contributed by atoms with van der Waals surface area (Å²) in [5.74, 6) is 0.790. The van der Waals surface area contributed by atoms with Crippen LogP contribution in [0, 0.1) is 5.41 Å². The first-order valence-electron chi connectivity index (χ1n) is 5.39. The molecule has 15 heavy (non-hydrogen) atoms. The fourth-order valence-corrected chi connectivity index (χ4v) is 2.83. The predicted octanol–water partition coefficient (Wildman–Crippen LogP) is 2.98. The molecule has 0 saturated carbocycles. The van der Waals surface area contributed by atoms with Crippen molar-refractivity contribution in [3.05, 3.63) is 16.6 Å². The van der Waals surface area contributed by atoms with E-state index in [0.717, 1.165) is 25.5 Å². The van der Waals surface area contributed by atoms with Crippen molar-refractivity contribution in [3.8, 4) is 0 Å². The molecule has 0 aliphatic carbocycles. The number of alkyl halides is 1. The quantitative estimate of drug-likeness (QED) is 0.760. The Morgan fingerprint density at radius 3 is 2.80 bits per heavy atom. The van der Waals surface area contributed by atoms with Gasteiger partial charge in [-0.25, -0.2) is 4.98 Å². The minimum atomic E-state index is 0.362. The maximum atomic E-state index is 5.98. The first-order chi connectivity index (χ1) is 7.22. The van der Waals surface area contributed by atoms with E-state index in [-0.39, 0.29) is 0 Å². The molecule has 84 valence electrons. The third-order valence-electron chi connectivity index (χ3n) is 3.23. The molecule has 2 nitrogen and oxygen atoms in total. The van der Waals surface area contributed by atoms with Crippen molar-refractivity contribution in [2.45, 2.75) is 26.3 Å². The normalized spacial score (nSPS) is 21.7. The Hall–Kier alpha value is -0.120. The monoisotopic (exact) mass is 244 g/mol. The summed E-state index contributed by atoms with van der Waals surface area (Å²) in [6.07, 6.45) is 4.30. The molecule has 0 spiro atoms. The van der Waals surface area contributed by atoms with Crippen LogP contribution in [0.3, 0.4) is 0 Å². The van der Waals surface area contributed by atoms with Crippen molar-refractivity contribution in [2.24, 2.45) is 5.41 Å². The van der Waals surface area contributed by atoms with Crippen LogP contribution in [0.5, 0.6) is 0 Å². The Kier molecular flexibility index (Phi) is 3.65. The van der Waals surface area contributed by atoms with Crippen molar-refractivity contribution < 1.29 is 0 Å². The number of nitrogens with zero attached hydrogens (tertiary/aromatic N) is 2. The first-order valence-corrected chi connectivity index (χ1v) is 6.80. The van der Waals surface area contributed by atoms with Crippen LogP contribution < -0.4 is 0 Å². The van der Waals surface area contributed by atoms with Gasteiger partial charge in [-0.2, -0.15) is 0 Å². The largest absolute Gasteiger partial charge is 0.297 e. The minimum absolute atomic E-state index is 0.362. The number of aromatic nitrogens is 1. The van der Waals surface area contributed by atoms with Crippen LogP contribution in [0.1, 0.15) is 24.8 Å². The minimum Gasteiger partial charge on any atom is -0.297 e. The molecule has 0 aromatic carbocycles. The van der Waals surface area contributed by atoms with E-state index in [9.17, 15) is 0 Å². The lowest BCUT2D eigenvalue weighted by atomic mass is 9.82. The van der Waals surface area contributed by atoms with Crippen molar-refractivity contribution >= 4 is 22.9 Å². The van der Waals surface area contributed by atoms with Crippen LogP contribution in [0.4, 0.5) is 0 Å². The SMILES string of the molecule is CC1(CCl)CCN(Cc2nccs2)CC1. The van der Waals surface area contributed by atoms with Crippen molar-refractivity contribution in [2.75, 3.05) is 19.0 Å². The van der Waals surface area contributed by atoms with Crippen LogP contribution in [0.15, 0.2) is 11.6 Å². The zero-order valence-electron chi connectivity index (χ0n) is 9.08. The summed E-state index contributed by atoms with van der Waals surface area (Å²) < 4.78 is 0. The van der Waals surface area contributed by atoms with Gasteiger partial charge in [-0.05, 0) is 31.3 Å². The number of rotatable bonds is 3. The second-order valence-electron chi connectivity index (χ2n) is 4.65. The zero-order valence-corrected chi connectivity index (χ0v) is 10.7. The van der Waals surface area contributed by atoms with Crippen molar-refractivity contribution in [3.63, 3.8) is 0 Å². The number of thiazole rings is 1. The third kappa shape index (κ3) is 2.92. The van der Waals surface area contributed by atoms with Gasteiger partial charge in [0.15, 0.2) is 0 Å². The third-order valence-corrected chi connectivity index (χ3v) is 4.64. The summed E-state index contributed by atoms with van der Waals surface area (Å²) in [6.45, 7) is 5.61. The highest BCUT2D eigenvalue weighted by Crippen LogP contribution is 2.32. The van der Waals surface area contributed by atoms with Gasteiger partial charge >= 0.3 is 0 Å². The highest BCUT2D eigenvalue weighted by Gasteiger charge is 2.29. The van der Waals surface area contributed by atoms with E-state index >= 15 is 0 Å². The van der Waals surface area contributed by atoms with Crippen LogP contribution in [-0.2, 0) is 6.54 Å². The Morgan fingerprint density at radius 2 is 2.27 bits per heavy atom. The standard InChI is InChI=1S/C11H17ClN2S/c1-11(9-12)2-5-14(6-3-11)8-10-13-4-7-15-10/h4,7H,2-3,5-6,8-9H2,1H3. The first kappa shape index (κ1) is 11.4. The van der Waals surface area contributed by atoms with E-state index < -0.39 is 0 Å². The Labute approximate surface area is 100 Å². The average Bonchev–Trinajstić information content (AvgIpc) is 2.75. The number of piperidine rings is 1. The molecule has 0 unspecified atom stereocenters. The summed E-state index contributed by atoms with van der Waals surface area (Å²) in [5.41, 5.74) is 0.362. The van der Waals surface area contributed by atoms with E-state index in [1.165, 1.54) is 17.8 Å². The summed E-state index contributed by atoms with van der Waals surface area (Å²) in [4.78, 5) is 6.80. The maximum absolute atomic E-state index is 5.98. The zero-order chi connectivity index (χ0) is 10.7. The molecule has 2 heterocycles. The molecule has 0 N–H and O–H groups in total. The average molecular weight is 245 g/mol. The highest BCUT2D eigenvalue weighted by atomic mass is 35.5. The lowest BCUT2D eigenvalue weighted by Crippen LogP contribution is -2.39. The molecule has 0 atom stereocenters. The molecule has 1 saturated heterocycles. The number of hydrogen-bond acceptors (Lipinski definition) is 3. The summed E-state index contributed by atoms with van der Waals surface area (Å²) >= 11 is 7.73. The van der Waals surface area contributed by atoms with Gasteiger partial charge in [0.2, 0.25) is 0 Å². The molecule has 1 aliphatic heterocycles. The van der Waals surface area contributed by atoms with Crippen LogP contribution in [0.2, 0.25) is 0 Å². The Bertz CT molecular complexity index is 292. The molecule has 0 bridgehead atoms. The fraction of sp³-hybridized carbons (Fsp3) is 0.727.